The Morgan fingerprint density at radius 3 is 2.57 bits per heavy atom. The average molecular weight is 201 g/mol. The molecular formula is C11H23NO2. The molecule has 1 unspecified atom stereocenters. The molecule has 1 fully saturated rings. The van der Waals surface area contributed by atoms with E-state index in [1.165, 1.54) is 0 Å². The van der Waals surface area contributed by atoms with Gasteiger partial charge >= 0.3 is 0 Å². The molecule has 0 bridgehead atoms. The molecule has 1 saturated heterocycles. The third kappa shape index (κ3) is 3.56. The van der Waals surface area contributed by atoms with Crippen LogP contribution in [0.25, 0.3) is 0 Å². The maximum absolute atomic E-state index is 5.48. The van der Waals surface area contributed by atoms with Gasteiger partial charge in [-0.25, -0.2) is 0 Å². The van der Waals surface area contributed by atoms with Crippen LogP contribution in [-0.4, -0.2) is 31.6 Å². The van der Waals surface area contributed by atoms with E-state index in [1.807, 2.05) is 0 Å². The molecule has 1 aliphatic heterocycles. The second-order valence-corrected chi connectivity index (χ2v) is 4.25. The van der Waals surface area contributed by atoms with Crippen molar-refractivity contribution in [1.82, 2.24) is 5.32 Å². The zero-order valence-electron chi connectivity index (χ0n) is 9.64. The van der Waals surface area contributed by atoms with Crippen LogP contribution in [0.1, 0.15) is 40.0 Å². The Hall–Kier alpha value is -0.120. The summed E-state index contributed by atoms with van der Waals surface area (Å²) in [6.45, 7) is 8.96. The van der Waals surface area contributed by atoms with Gasteiger partial charge in [0.15, 0.2) is 0 Å². The van der Waals surface area contributed by atoms with Gasteiger partial charge in [0, 0.05) is 12.1 Å². The van der Waals surface area contributed by atoms with Crippen LogP contribution in [0.15, 0.2) is 0 Å². The molecule has 1 N–H and O–H groups in total. The van der Waals surface area contributed by atoms with E-state index in [-0.39, 0.29) is 5.54 Å². The largest absolute Gasteiger partial charge is 0.355 e. The summed E-state index contributed by atoms with van der Waals surface area (Å²) in [6.07, 6.45) is 3.66. The van der Waals surface area contributed by atoms with Gasteiger partial charge in [0.25, 0.3) is 0 Å². The fraction of sp³-hybridized carbons (Fsp3) is 1.00. The summed E-state index contributed by atoms with van der Waals surface area (Å²) in [5, 5.41) is 3.58. The zero-order chi connectivity index (χ0) is 10.4. The Balaban J connectivity index is 2.23. The highest BCUT2D eigenvalue weighted by Gasteiger charge is 2.21. The quantitative estimate of drug-likeness (QED) is 0.737. The smallest absolute Gasteiger partial charge is 0.147 e. The van der Waals surface area contributed by atoms with Gasteiger partial charge in [0.1, 0.15) is 6.79 Å². The summed E-state index contributed by atoms with van der Waals surface area (Å²) in [4.78, 5) is 0. The van der Waals surface area contributed by atoms with E-state index >= 15 is 0 Å². The van der Waals surface area contributed by atoms with Crippen molar-refractivity contribution in [2.45, 2.75) is 51.7 Å². The van der Waals surface area contributed by atoms with Crippen LogP contribution in [-0.2, 0) is 9.47 Å². The topological polar surface area (TPSA) is 30.5 Å². The first-order chi connectivity index (χ1) is 6.70. The van der Waals surface area contributed by atoms with Crippen LogP contribution in [0.2, 0.25) is 0 Å². The van der Waals surface area contributed by atoms with Gasteiger partial charge in [-0.2, -0.15) is 0 Å². The number of hydrogen-bond acceptors (Lipinski definition) is 3. The molecule has 0 saturated carbocycles. The first-order valence-corrected chi connectivity index (χ1v) is 5.64. The van der Waals surface area contributed by atoms with Crippen LogP contribution in [0, 0.1) is 0 Å². The molecule has 0 spiro atoms. The van der Waals surface area contributed by atoms with E-state index in [9.17, 15) is 0 Å². The number of nitrogens with one attached hydrogen (secondary N) is 1. The molecule has 0 radical (unpaired) electrons. The molecular weight excluding hydrogens is 178 g/mol. The van der Waals surface area contributed by atoms with Crippen LogP contribution in [0.4, 0.5) is 0 Å². The second-order valence-electron chi connectivity index (χ2n) is 4.25. The maximum atomic E-state index is 5.48. The average Bonchev–Trinajstić information content (AvgIpc) is 2.27. The van der Waals surface area contributed by atoms with Gasteiger partial charge in [-0.3, -0.25) is 0 Å². The highest BCUT2D eigenvalue weighted by molar-refractivity contribution is 4.81. The van der Waals surface area contributed by atoms with Gasteiger partial charge in [0.2, 0.25) is 0 Å². The Bertz CT molecular complexity index is 151. The number of rotatable bonds is 5. The molecule has 3 nitrogen and oxygen atoms in total. The van der Waals surface area contributed by atoms with E-state index in [4.69, 9.17) is 9.47 Å². The van der Waals surface area contributed by atoms with Crippen molar-refractivity contribution in [3.8, 4) is 0 Å². The van der Waals surface area contributed by atoms with Crippen molar-refractivity contribution in [3.05, 3.63) is 0 Å². The summed E-state index contributed by atoms with van der Waals surface area (Å²) in [7, 11) is 0. The Labute approximate surface area is 87.2 Å². The van der Waals surface area contributed by atoms with E-state index in [2.05, 4.69) is 26.1 Å². The summed E-state index contributed by atoms with van der Waals surface area (Å²) >= 11 is 0. The molecule has 14 heavy (non-hydrogen) atoms. The summed E-state index contributed by atoms with van der Waals surface area (Å²) in [5.41, 5.74) is 0.266. The third-order valence-corrected chi connectivity index (χ3v) is 3.29. The number of hydrogen-bond donors (Lipinski definition) is 1. The van der Waals surface area contributed by atoms with E-state index in [1.54, 1.807) is 0 Å². The normalized spacial score (nSPS) is 23.8. The highest BCUT2D eigenvalue weighted by Crippen LogP contribution is 2.14. The minimum atomic E-state index is 0.266. The Kier molecular flexibility index (Phi) is 4.85. The van der Waals surface area contributed by atoms with Crippen molar-refractivity contribution in [2.75, 3.05) is 19.9 Å². The van der Waals surface area contributed by atoms with Crippen molar-refractivity contribution in [2.24, 2.45) is 0 Å². The Morgan fingerprint density at radius 1 is 1.36 bits per heavy atom. The van der Waals surface area contributed by atoms with E-state index in [0.29, 0.717) is 12.9 Å². The minimum absolute atomic E-state index is 0.266. The zero-order valence-corrected chi connectivity index (χ0v) is 9.64. The fourth-order valence-electron chi connectivity index (χ4n) is 1.52. The molecule has 0 aliphatic carbocycles. The van der Waals surface area contributed by atoms with Gasteiger partial charge < -0.3 is 14.8 Å². The lowest BCUT2D eigenvalue weighted by Crippen LogP contribution is -2.46. The van der Waals surface area contributed by atoms with E-state index < -0.39 is 0 Å². The molecule has 3 heteroatoms. The minimum Gasteiger partial charge on any atom is -0.355 e. The van der Waals surface area contributed by atoms with Gasteiger partial charge in [-0.15, -0.1) is 0 Å². The molecule has 1 aliphatic rings. The predicted octanol–water partition coefficient (Wildman–Crippen LogP) is 1.92. The SMILES string of the molecule is CCC(C)(CC)NCC1CCOCO1. The molecule has 1 rings (SSSR count). The van der Waals surface area contributed by atoms with Crippen LogP contribution >= 0.6 is 0 Å². The summed E-state index contributed by atoms with van der Waals surface area (Å²) < 4.78 is 10.6. The summed E-state index contributed by atoms with van der Waals surface area (Å²) in [5.74, 6) is 0. The molecule has 0 aromatic rings. The molecule has 0 aromatic heterocycles. The van der Waals surface area contributed by atoms with Gasteiger partial charge in [-0.1, -0.05) is 13.8 Å². The van der Waals surface area contributed by atoms with Crippen LogP contribution in [0.5, 0.6) is 0 Å². The van der Waals surface area contributed by atoms with Crippen molar-refractivity contribution in [3.63, 3.8) is 0 Å². The van der Waals surface area contributed by atoms with Gasteiger partial charge in [-0.05, 0) is 26.2 Å². The predicted molar refractivity (Wildman–Crippen MR) is 57.3 cm³/mol. The van der Waals surface area contributed by atoms with Crippen molar-refractivity contribution in [1.29, 1.82) is 0 Å². The fourth-order valence-corrected chi connectivity index (χ4v) is 1.52. The van der Waals surface area contributed by atoms with Crippen LogP contribution in [0.3, 0.4) is 0 Å². The standard InChI is InChI=1S/C11H23NO2/c1-4-11(3,5-2)12-8-10-6-7-13-9-14-10/h10,12H,4-9H2,1-3H3. The molecule has 1 heterocycles. The monoisotopic (exact) mass is 201 g/mol. The molecule has 0 aromatic carbocycles. The first kappa shape index (κ1) is 12.0. The lowest BCUT2D eigenvalue weighted by Gasteiger charge is -2.32. The lowest BCUT2D eigenvalue weighted by molar-refractivity contribution is -0.138. The highest BCUT2D eigenvalue weighted by atomic mass is 16.7. The molecule has 84 valence electrons. The van der Waals surface area contributed by atoms with Gasteiger partial charge in [0.05, 0.1) is 12.7 Å². The third-order valence-electron chi connectivity index (χ3n) is 3.29. The molecule has 0 amide bonds. The first-order valence-electron chi connectivity index (χ1n) is 5.64. The Morgan fingerprint density at radius 2 is 2.07 bits per heavy atom. The maximum Gasteiger partial charge on any atom is 0.147 e. The lowest BCUT2D eigenvalue weighted by atomic mass is 9.95. The molecule has 1 atom stereocenters. The summed E-state index contributed by atoms with van der Waals surface area (Å²) in [6, 6.07) is 0. The van der Waals surface area contributed by atoms with Crippen molar-refractivity contribution >= 4 is 0 Å². The van der Waals surface area contributed by atoms with Crippen molar-refractivity contribution < 1.29 is 9.47 Å². The number of ether oxygens (including phenoxy) is 2. The van der Waals surface area contributed by atoms with Crippen LogP contribution < -0.4 is 5.32 Å². The second kappa shape index (κ2) is 5.69. The van der Waals surface area contributed by atoms with E-state index in [0.717, 1.165) is 32.4 Å².